The van der Waals surface area contributed by atoms with Crippen LogP contribution in [0.5, 0.6) is 5.75 Å². The lowest BCUT2D eigenvalue weighted by Gasteiger charge is -2.40. The number of rotatable bonds is 4. The fourth-order valence-corrected chi connectivity index (χ4v) is 4.96. The van der Waals surface area contributed by atoms with Crippen molar-refractivity contribution in [2.75, 3.05) is 26.2 Å². The predicted molar refractivity (Wildman–Crippen MR) is 109 cm³/mol. The summed E-state index contributed by atoms with van der Waals surface area (Å²) in [6.07, 6.45) is 11.0. The highest BCUT2D eigenvalue weighted by Crippen LogP contribution is 2.25. The Kier molecular flexibility index (Phi) is 5.23. The molecule has 0 bridgehead atoms. The van der Waals surface area contributed by atoms with Gasteiger partial charge in [0.2, 0.25) is 0 Å². The average Bonchev–Trinajstić information content (AvgIpc) is 3.33. The minimum Gasteiger partial charge on any atom is -0.488 e. The second-order valence-corrected chi connectivity index (χ2v) is 8.45. The van der Waals surface area contributed by atoms with Gasteiger partial charge in [0, 0.05) is 56.7 Å². The van der Waals surface area contributed by atoms with E-state index in [0.717, 1.165) is 50.1 Å². The van der Waals surface area contributed by atoms with E-state index in [1.165, 1.54) is 32.1 Å². The van der Waals surface area contributed by atoms with E-state index in [4.69, 9.17) is 4.74 Å². The van der Waals surface area contributed by atoms with E-state index in [2.05, 4.69) is 15.0 Å². The van der Waals surface area contributed by atoms with Crippen LogP contribution in [0.25, 0.3) is 0 Å². The zero-order chi connectivity index (χ0) is 19.6. The van der Waals surface area contributed by atoms with Gasteiger partial charge < -0.3 is 9.64 Å². The highest BCUT2D eigenvalue weighted by molar-refractivity contribution is 5.92. The molecule has 0 unspecified atom stereocenters. The molecule has 5 rings (SSSR count). The Morgan fingerprint density at radius 3 is 2.52 bits per heavy atom. The van der Waals surface area contributed by atoms with Crippen LogP contribution in [-0.2, 0) is 13.0 Å². The van der Waals surface area contributed by atoms with Crippen molar-refractivity contribution >= 4 is 5.91 Å². The van der Waals surface area contributed by atoms with Crippen molar-refractivity contribution in [1.82, 2.24) is 24.6 Å². The topological polar surface area (TPSA) is 63.5 Å². The summed E-state index contributed by atoms with van der Waals surface area (Å²) in [5, 5.41) is 4.59. The van der Waals surface area contributed by atoms with Gasteiger partial charge in [0.15, 0.2) is 5.69 Å². The third-order valence-electron chi connectivity index (χ3n) is 6.54. The van der Waals surface area contributed by atoms with E-state index in [-0.39, 0.29) is 12.0 Å². The van der Waals surface area contributed by atoms with E-state index in [0.29, 0.717) is 12.2 Å². The largest absolute Gasteiger partial charge is 0.488 e. The van der Waals surface area contributed by atoms with Crippen molar-refractivity contribution in [3.05, 3.63) is 42.0 Å². The Hall–Kier alpha value is -2.41. The molecule has 0 N–H and O–H groups in total. The summed E-state index contributed by atoms with van der Waals surface area (Å²) in [5.41, 5.74) is 1.65. The summed E-state index contributed by atoms with van der Waals surface area (Å²) in [6, 6.07) is 6.41. The molecule has 2 aromatic rings. The first kappa shape index (κ1) is 18.6. The number of carbonyl (C=O) groups excluding carboxylic acids is 1. The lowest BCUT2D eigenvalue weighted by atomic mass is 9.94. The van der Waals surface area contributed by atoms with E-state index in [1.807, 2.05) is 27.8 Å². The van der Waals surface area contributed by atoms with Gasteiger partial charge in [0.1, 0.15) is 11.9 Å². The molecule has 1 saturated heterocycles. The lowest BCUT2D eigenvalue weighted by molar-refractivity contribution is 0.0517. The summed E-state index contributed by atoms with van der Waals surface area (Å²) >= 11 is 0. The van der Waals surface area contributed by atoms with Crippen molar-refractivity contribution in [3.63, 3.8) is 0 Å². The first-order chi connectivity index (χ1) is 14.3. The number of ether oxygens (including phenoxy) is 1. The van der Waals surface area contributed by atoms with Crippen LogP contribution in [0.4, 0.5) is 0 Å². The molecular formula is C22H29N5O2. The number of aromatic nitrogens is 3. The maximum atomic E-state index is 13.0. The van der Waals surface area contributed by atoms with E-state index in [1.54, 1.807) is 12.4 Å². The van der Waals surface area contributed by atoms with Crippen LogP contribution >= 0.6 is 0 Å². The standard InChI is InChI=1S/C22H29N5O2/c28-22(26-12-10-25(11-13-26)17-4-2-1-3-5-17)21-15-18-14-20(16-27(18)24-21)29-19-6-8-23-9-7-19/h6-9,15,17,20H,1-5,10-14,16H2/t20-/m0/s1. The lowest BCUT2D eigenvalue weighted by Crippen LogP contribution is -2.52. The van der Waals surface area contributed by atoms with Gasteiger partial charge >= 0.3 is 0 Å². The van der Waals surface area contributed by atoms with E-state index in [9.17, 15) is 4.79 Å². The first-order valence-electron chi connectivity index (χ1n) is 10.9. The Balaban J connectivity index is 1.15. The first-order valence-corrected chi connectivity index (χ1v) is 10.9. The molecule has 1 amide bonds. The van der Waals surface area contributed by atoms with Gasteiger partial charge in [-0.05, 0) is 31.0 Å². The molecule has 0 radical (unpaired) electrons. The normalized spacial score (nSPS) is 23.2. The van der Waals surface area contributed by atoms with Crippen LogP contribution in [0, 0.1) is 0 Å². The molecule has 1 saturated carbocycles. The summed E-state index contributed by atoms with van der Waals surface area (Å²) in [6.45, 7) is 4.29. The maximum absolute atomic E-state index is 13.0. The number of fused-ring (bicyclic) bond motifs is 1. The fourth-order valence-electron chi connectivity index (χ4n) is 4.96. The molecule has 2 aromatic heterocycles. The molecular weight excluding hydrogens is 366 g/mol. The van der Waals surface area contributed by atoms with Crippen LogP contribution in [0.2, 0.25) is 0 Å². The van der Waals surface area contributed by atoms with Crippen LogP contribution < -0.4 is 4.74 Å². The molecule has 1 aliphatic carbocycles. The molecule has 3 aliphatic rings. The fraction of sp³-hybridized carbons (Fsp3) is 0.591. The number of amides is 1. The smallest absolute Gasteiger partial charge is 0.274 e. The molecule has 4 heterocycles. The van der Waals surface area contributed by atoms with Gasteiger partial charge in [-0.1, -0.05) is 19.3 Å². The van der Waals surface area contributed by atoms with Gasteiger partial charge in [-0.2, -0.15) is 5.10 Å². The summed E-state index contributed by atoms with van der Waals surface area (Å²) in [5.74, 6) is 0.893. The molecule has 154 valence electrons. The summed E-state index contributed by atoms with van der Waals surface area (Å²) in [4.78, 5) is 21.5. The van der Waals surface area contributed by atoms with Gasteiger partial charge in [-0.15, -0.1) is 0 Å². The Morgan fingerprint density at radius 1 is 1.03 bits per heavy atom. The third kappa shape index (κ3) is 4.01. The quantitative estimate of drug-likeness (QED) is 0.795. The number of hydrogen-bond acceptors (Lipinski definition) is 5. The SMILES string of the molecule is O=C(c1cc2n(n1)C[C@@H](Oc1ccncc1)C2)N1CCN(C2CCCCC2)CC1. The molecule has 0 spiro atoms. The molecule has 7 heteroatoms. The number of nitrogens with zero attached hydrogens (tertiary/aromatic N) is 5. The van der Waals surface area contributed by atoms with Crippen molar-refractivity contribution in [3.8, 4) is 5.75 Å². The minimum absolute atomic E-state index is 0.0584. The van der Waals surface area contributed by atoms with Crippen LogP contribution in [-0.4, -0.2) is 68.8 Å². The highest BCUT2D eigenvalue weighted by atomic mass is 16.5. The van der Waals surface area contributed by atoms with Gasteiger partial charge in [0.25, 0.3) is 5.91 Å². The van der Waals surface area contributed by atoms with Crippen molar-refractivity contribution < 1.29 is 9.53 Å². The molecule has 0 aromatic carbocycles. The van der Waals surface area contributed by atoms with Crippen LogP contribution in [0.1, 0.15) is 48.3 Å². The Labute approximate surface area is 171 Å². The second-order valence-electron chi connectivity index (χ2n) is 8.45. The summed E-state index contributed by atoms with van der Waals surface area (Å²) in [7, 11) is 0. The van der Waals surface area contributed by atoms with Crippen molar-refractivity contribution in [2.45, 2.75) is 57.2 Å². The van der Waals surface area contributed by atoms with Crippen LogP contribution in [0.3, 0.4) is 0 Å². The minimum atomic E-state index is 0.0584. The second kappa shape index (κ2) is 8.14. The molecule has 2 fully saturated rings. The zero-order valence-electron chi connectivity index (χ0n) is 16.9. The van der Waals surface area contributed by atoms with Gasteiger partial charge in [-0.25, -0.2) is 0 Å². The molecule has 29 heavy (non-hydrogen) atoms. The van der Waals surface area contributed by atoms with Crippen molar-refractivity contribution in [2.24, 2.45) is 0 Å². The van der Waals surface area contributed by atoms with Crippen molar-refractivity contribution in [1.29, 1.82) is 0 Å². The number of piperazine rings is 1. The average molecular weight is 396 g/mol. The highest BCUT2D eigenvalue weighted by Gasteiger charge is 2.31. The monoisotopic (exact) mass is 395 g/mol. The molecule has 7 nitrogen and oxygen atoms in total. The number of hydrogen-bond donors (Lipinski definition) is 0. The Morgan fingerprint density at radius 2 is 1.79 bits per heavy atom. The molecule has 1 atom stereocenters. The Bertz CT molecular complexity index is 815. The number of carbonyl (C=O) groups is 1. The van der Waals surface area contributed by atoms with Gasteiger partial charge in [0.05, 0.1) is 6.54 Å². The zero-order valence-corrected chi connectivity index (χ0v) is 16.9. The number of pyridine rings is 1. The molecule has 2 aliphatic heterocycles. The van der Waals surface area contributed by atoms with E-state index < -0.39 is 0 Å². The third-order valence-corrected chi connectivity index (χ3v) is 6.54. The maximum Gasteiger partial charge on any atom is 0.274 e. The van der Waals surface area contributed by atoms with Gasteiger partial charge in [-0.3, -0.25) is 19.4 Å². The predicted octanol–water partition coefficient (Wildman–Crippen LogP) is 2.37. The van der Waals surface area contributed by atoms with E-state index >= 15 is 0 Å². The summed E-state index contributed by atoms with van der Waals surface area (Å²) < 4.78 is 7.93. The van der Waals surface area contributed by atoms with Crippen LogP contribution in [0.15, 0.2) is 30.6 Å².